The van der Waals surface area contributed by atoms with Crippen LogP contribution in [0, 0.1) is 0 Å². The molecule has 1 saturated carbocycles. The van der Waals surface area contributed by atoms with Gasteiger partial charge >= 0.3 is 6.03 Å². The van der Waals surface area contributed by atoms with Crippen molar-refractivity contribution in [2.24, 2.45) is 0 Å². The van der Waals surface area contributed by atoms with Crippen molar-refractivity contribution in [3.05, 3.63) is 12.2 Å². The Labute approximate surface area is 154 Å². The summed E-state index contributed by atoms with van der Waals surface area (Å²) in [5.41, 5.74) is 0. The number of hydrogen-bond donors (Lipinski definition) is 4. The fourth-order valence-electron chi connectivity index (χ4n) is 3.31. The summed E-state index contributed by atoms with van der Waals surface area (Å²) in [7, 11) is 1.57. The minimum absolute atomic E-state index is 0.144. The number of hydrogen-bond acceptors (Lipinski definition) is 5. The van der Waals surface area contributed by atoms with E-state index in [9.17, 15) is 14.7 Å². The molecule has 0 unspecified atom stereocenters. The van der Waals surface area contributed by atoms with Crippen LogP contribution < -0.4 is 16.0 Å². The van der Waals surface area contributed by atoms with E-state index in [1.807, 2.05) is 0 Å². The van der Waals surface area contributed by atoms with Crippen LogP contribution in [0.15, 0.2) is 12.2 Å². The monoisotopic (exact) mass is 369 g/mol. The molecule has 148 valence electrons. The lowest BCUT2D eigenvalue weighted by molar-refractivity contribution is -0.125. The molecule has 0 radical (unpaired) electrons. The van der Waals surface area contributed by atoms with E-state index >= 15 is 0 Å². The Morgan fingerprint density at radius 2 is 1.96 bits per heavy atom. The first-order chi connectivity index (χ1) is 12.6. The van der Waals surface area contributed by atoms with Gasteiger partial charge in [-0.1, -0.05) is 31.4 Å². The standard InChI is InChI=1S/C18H31N3O5/c1-25-10-9-19-17(23)11-14-7-8-15(16(12-22)26-14)21-18(24)20-13-5-3-2-4-6-13/h7-8,13-16,22H,2-6,9-12H2,1H3,(H,19,23)(H2,20,21,24)/t14-,15-,16-/m1/s1. The highest BCUT2D eigenvalue weighted by molar-refractivity contribution is 5.77. The zero-order chi connectivity index (χ0) is 18.8. The van der Waals surface area contributed by atoms with Crippen molar-refractivity contribution in [2.45, 2.75) is 62.8 Å². The molecule has 8 heteroatoms. The summed E-state index contributed by atoms with van der Waals surface area (Å²) in [5, 5.41) is 18.1. The third-order valence-corrected chi connectivity index (χ3v) is 4.72. The molecular weight excluding hydrogens is 338 g/mol. The first-order valence-electron chi connectivity index (χ1n) is 9.39. The molecule has 8 nitrogen and oxygen atoms in total. The summed E-state index contributed by atoms with van der Waals surface area (Å²) in [6.07, 6.45) is 8.25. The number of methoxy groups -OCH3 is 1. The van der Waals surface area contributed by atoms with Gasteiger partial charge in [-0.15, -0.1) is 0 Å². The van der Waals surface area contributed by atoms with Crippen molar-refractivity contribution in [3.8, 4) is 0 Å². The van der Waals surface area contributed by atoms with Gasteiger partial charge < -0.3 is 30.5 Å². The first kappa shape index (κ1) is 20.7. The number of ether oxygens (including phenoxy) is 2. The molecule has 0 saturated heterocycles. The summed E-state index contributed by atoms with van der Waals surface area (Å²) < 4.78 is 10.6. The van der Waals surface area contributed by atoms with Gasteiger partial charge in [0.05, 0.1) is 31.8 Å². The molecule has 0 spiro atoms. The molecule has 3 atom stereocenters. The second-order valence-corrected chi connectivity index (χ2v) is 6.81. The van der Waals surface area contributed by atoms with Crippen LogP contribution in [0.1, 0.15) is 38.5 Å². The normalized spacial score (nSPS) is 26.3. The SMILES string of the molecule is COCCNC(=O)C[C@H]1C=C[C@@H](NC(=O)NC2CCCCC2)[C@@H](CO)O1. The number of rotatable bonds is 8. The first-order valence-corrected chi connectivity index (χ1v) is 9.39. The second kappa shape index (κ2) is 11.2. The number of urea groups is 1. The van der Waals surface area contributed by atoms with Crippen LogP contribution in [0.2, 0.25) is 0 Å². The molecule has 3 amide bonds. The summed E-state index contributed by atoms with van der Waals surface area (Å²) in [5.74, 6) is -0.144. The highest BCUT2D eigenvalue weighted by Gasteiger charge is 2.29. The predicted molar refractivity (Wildman–Crippen MR) is 96.7 cm³/mol. The highest BCUT2D eigenvalue weighted by Crippen LogP contribution is 2.18. The Hall–Kier alpha value is -1.64. The van der Waals surface area contributed by atoms with Crippen LogP contribution in [0.3, 0.4) is 0 Å². The Balaban J connectivity index is 1.78. The maximum absolute atomic E-state index is 12.2. The Bertz CT molecular complexity index is 479. The van der Waals surface area contributed by atoms with E-state index in [0.717, 1.165) is 25.7 Å². The van der Waals surface area contributed by atoms with E-state index in [2.05, 4.69) is 16.0 Å². The zero-order valence-electron chi connectivity index (χ0n) is 15.4. The average molecular weight is 369 g/mol. The van der Waals surface area contributed by atoms with E-state index in [4.69, 9.17) is 9.47 Å². The van der Waals surface area contributed by atoms with E-state index < -0.39 is 18.2 Å². The van der Waals surface area contributed by atoms with Gasteiger partial charge in [0.15, 0.2) is 0 Å². The van der Waals surface area contributed by atoms with Gasteiger partial charge in [0.1, 0.15) is 6.10 Å². The number of aliphatic hydroxyl groups is 1. The van der Waals surface area contributed by atoms with Gasteiger partial charge in [-0.25, -0.2) is 4.79 Å². The Kier molecular flexibility index (Phi) is 8.87. The van der Waals surface area contributed by atoms with Crippen LogP contribution in [-0.4, -0.2) is 68.2 Å². The molecule has 0 bridgehead atoms. The molecule has 4 N–H and O–H groups in total. The number of aliphatic hydroxyl groups excluding tert-OH is 1. The van der Waals surface area contributed by atoms with Crippen molar-refractivity contribution in [2.75, 3.05) is 26.9 Å². The second-order valence-electron chi connectivity index (χ2n) is 6.81. The van der Waals surface area contributed by atoms with Crippen molar-refractivity contribution in [1.82, 2.24) is 16.0 Å². The van der Waals surface area contributed by atoms with Crippen LogP contribution in [0.4, 0.5) is 4.79 Å². The average Bonchev–Trinajstić information content (AvgIpc) is 2.64. The Morgan fingerprint density at radius 3 is 2.65 bits per heavy atom. The van der Waals surface area contributed by atoms with Gasteiger partial charge in [-0.05, 0) is 12.8 Å². The van der Waals surface area contributed by atoms with Crippen LogP contribution in [-0.2, 0) is 14.3 Å². The fraction of sp³-hybridized carbons (Fsp3) is 0.778. The van der Waals surface area contributed by atoms with Crippen molar-refractivity contribution in [1.29, 1.82) is 0 Å². The Morgan fingerprint density at radius 1 is 1.19 bits per heavy atom. The number of carbonyl (C=O) groups excluding carboxylic acids is 2. The van der Waals surface area contributed by atoms with Gasteiger partial charge in [0.2, 0.25) is 5.91 Å². The number of nitrogens with one attached hydrogen (secondary N) is 3. The zero-order valence-corrected chi connectivity index (χ0v) is 15.4. The van der Waals surface area contributed by atoms with E-state index in [1.165, 1.54) is 6.42 Å². The molecule has 1 aliphatic heterocycles. The molecule has 2 aliphatic rings. The van der Waals surface area contributed by atoms with E-state index in [1.54, 1.807) is 19.3 Å². The quantitative estimate of drug-likeness (QED) is 0.367. The molecule has 1 fully saturated rings. The van der Waals surface area contributed by atoms with Gasteiger partial charge in [-0.2, -0.15) is 0 Å². The lowest BCUT2D eigenvalue weighted by atomic mass is 9.96. The third kappa shape index (κ3) is 6.93. The van der Waals surface area contributed by atoms with Crippen molar-refractivity contribution in [3.63, 3.8) is 0 Å². The largest absolute Gasteiger partial charge is 0.394 e. The number of amides is 3. The lowest BCUT2D eigenvalue weighted by Crippen LogP contribution is -2.53. The topological polar surface area (TPSA) is 109 Å². The predicted octanol–water partition coefficient (Wildman–Crippen LogP) is 0.456. The third-order valence-electron chi connectivity index (χ3n) is 4.72. The maximum atomic E-state index is 12.2. The van der Waals surface area contributed by atoms with Crippen LogP contribution in [0.25, 0.3) is 0 Å². The van der Waals surface area contributed by atoms with Crippen LogP contribution >= 0.6 is 0 Å². The van der Waals surface area contributed by atoms with Gasteiger partial charge in [0.25, 0.3) is 0 Å². The van der Waals surface area contributed by atoms with Crippen molar-refractivity contribution >= 4 is 11.9 Å². The maximum Gasteiger partial charge on any atom is 0.315 e. The summed E-state index contributed by atoms with van der Waals surface area (Å²) in [6.45, 7) is 0.662. The summed E-state index contributed by atoms with van der Waals surface area (Å²) in [6, 6.07) is -0.450. The molecule has 1 aliphatic carbocycles. The molecular formula is C18H31N3O5. The lowest BCUT2D eigenvalue weighted by Gasteiger charge is -2.32. The van der Waals surface area contributed by atoms with Gasteiger partial charge in [-0.3, -0.25) is 4.79 Å². The molecule has 0 aromatic rings. The molecule has 1 heterocycles. The summed E-state index contributed by atoms with van der Waals surface area (Å²) >= 11 is 0. The summed E-state index contributed by atoms with van der Waals surface area (Å²) in [4.78, 5) is 24.0. The molecule has 0 aromatic carbocycles. The minimum Gasteiger partial charge on any atom is -0.394 e. The highest BCUT2D eigenvalue weighted by atomic mass is 16.5. The number of carbonyl (C=O) groups is 2. The van der Waals surface area contributed by atoms with Crippen LogP contribution in [0.5, 0.6) is 0 Å². The minimum atomic E-state index is -0.575. The molecule has 2 rings (SSSR count). The van der Waals surface area contributed by atoms with E-state index in [-0.39, 0.29) is 31.0 Å². The fourth-order valence-corrected chi connectivity index (χ4v) is 3.31. The molecule has 0 aromatic heterocycles. The molecule has 26 heavy (non-hydrogen) atoms. The van der Waals surface area contributed by atoms with Gasteiger partial charge in [0, 0.05) is 19.7 Å². The smallest absolute Gasteiger partial charge is 0.315 e. The van der Waals surface area contributed by atoms with E-state index in [0.29, 0.717) is 13.2 Å². The van der Waals surface area contributed by atoms with Crippen molar-refractivity contribution < 1.29 is 24.2 Å².